The Hall–Kier alpha value is -3.07. The average Bonchev–Trinajstić information content (AvgIpc) is 3.02. The van der Waals surface area contributed by atoms with Crippen molar-refractivity contribution in [3.63, 3.8) is 0 Å². The molecule has 0 bridgehead atoms. The number of rotatable bonds is 3. The van der Waals surface area contributed by atoms with Crippen LogP contribution >= 0.6 is 0 Å². The second-order valence-corrected chi connectivity index (χ2v) is 7.83. The van der Waals surface area contributed by atoms with Gasteiger partial charge in [-0.15, -0.1) is 0 Å². The number of amides is 1. The second-order valence-electron chi connectivity index (χ2n) is 7.83. The SMILES string of the molecule is Cc1ccc(C2N(Cc3ccccc3)C(=O)C3CCc4ccccc4N32)cc1. The number of aryl methyl sites for hydroxylation is 2. The van der Waals surface area contributed by atoms with Gasteiger partial charge in [0, 0.05) is 12.2 Å². The molecule has 1 amide bonds. The van der Waals surface area contributed by atoms with E-state index in [1.165, 1.54) is 27.9 Å². The summed E-state index contributed by atoms with van der Waals surface area (Å²) >= 11 is 0. The minimum Gasteiger partial charge on any atom is -0.335 e. The molecular formula is C25H24N2O. The summed E-state index contributed by atoms with van der Waals surface area (Å²) in [5.41, 5.74) is 6.12. The standard InChI is InChI=1S/C25H24N2O/c1-18-11-13-21(14-12-18)24-26(17-19-7-3-2-4-8-19)25(28)23-16-15-20-9-5-6-10-22(20)27(23)24/h2-14,23-24H,15-17H2,1H3. The molecule has 3 aromatic rings. The van der Waals surface area contributed by atoms with Gasteiger partial charge in [-0.2, -0.15) is 0 Å². The van der Waals surface area contributed by atoms with Crippen molar-refractivity contribution in [3.05, 3.63) is 101 Å². The van der Waals surface area contributed by atoms with E-state index in [4.69, 9.17) is 0 Å². The predicted molar refractivity (Wildman–Crippen MR) is 112 cm³/mol. The molecule has 2 aliphatic rings. The fourth-order valence-corrected chi connectivity index (χ4v) is 4.60. The third-order valence-electron chi connectivity index (χ3n) is 5.99. The molecule has 0 radical (unpaired) electrons. The fraction of sp³-hybridized carbons (Fsp3) is 0.240. The maximum absolute atomic E-state index is 13.5. The topological polar surface area (TPSA) is 23.6 Å². The Morgan fingerprint density at radius 1 is 0.893 bits per heavy atom. The lowest BCUT2D eigenvalue weighted by Crippen LogP contribution is -2.38. The molecule has 2 atom stereocenters. The summed E-state index contributed by atoms with van der Waals surface area (Å²) in [6, 6.07) is 27.4. The zero-order chi connectivity index (χ0) is 19.1. The van der Waals surface area contributed by atoms with Gasteiger partial charge in [0.05, 0.1) is 0 Å². The first-order valence-electron chi connectivity index (χ1n) is 9.99. The predicted octanol–water partition coefficient (Wildman–Crippen LogP) is 4.86. The third kappa shape index (κ3) is 2.78. The fourth-order valence-electron chi connectivity index (χ4n) is 4.60. The van der Waals surface area contributed by atoms with Crippen LogP contribution in [0.25, 0.3) is 0 Å². The van der Waals surface area contributed by atoms with Crippen molar-refractivity contribution < 1.29 is 4.79 Å². The molecule has 2 aliphatic heterocycles. The second kappa shape index (κ2) is 6.83. The number of hydrogen-bond donors (Lipinski definition) is 0. The monoisotopic (exact) mass is 368 g/mol. The summed E-state index contributed by atoms with van der Waals surface area (Å²) in [5, 5.41) is 0. The van der Waals surface area contributed by atoms with Gasteiger partial charge in [-0.05, 0) is 42.5 Å². The number of anilines is 1. The van der Waals surface area contributed by atoms with Gasteiger partial charge in [0.2, 0.25) is 5.91 Å². The first-order valence-corrected chi connectivity index (χ1v) is 9.99. The van der Waals surface area contributed by atoms with Crippen LogP contribution in [0.1, 0.15) is 34.8 Å². The number of fused-ring (bicyclic) bond motifs is 3. The van der Waals surface area contributed by atoms with Gasteiger partial charge in [-0.1, -0.05) is 78.4 Å². The van der Waals surface area contributed by atoms with E-state index in [0.29, 0.717) is 6.54 Å². The molecule has 28 heavy (non-hydrogen) atoms. The molecule has 1 fully saturated rings. The van der Waals surface area contributed by atoms with E-state index in [0.717, 1.165) is 12.8 Å². The zero-order valence-electron chi connectivity index (χ0n) is 16.1. The van der Waals surface area contributed by atoms with Crippen LogP contribution in [0.5, 0.6) is 0 Å². The van der Waals surface area contributed by atoms with Crippen LogP contribution in [0.15, 0.2) is 78.9 Å². The Labute approximate surface area is 166 Å². The van der Waals surface area contributed by atoms with Gasteiger partial charge in [0.25, 0.3) is 0 Å². The molecule has 3 aromatic carbocycles. The number of para-hydroxylation sites is 1. The minimum absolute atomic E-state index is 0.0697. The molecule has 3 heteroatoms. The number of benzene rings is 3. The van der Waals surface area contributed by atoms with E-state index in [-0.39, 0.29) is 18.1 Å². The van der Waals surface area contributed by atoms with Crippen molar-refractivity contribution in [1.29, 1.82) is 0 Å². The van der Waals surface area contributed by atoms with Crippen LogP contribution in [0.4, 0.5) is 5.69 Å². The zero-order valence-corrected chi connectivity index (χ0v) is 16.1. The lowest BCUT2D eigenvalue weighted by atomic mass is 9.95. The average molecular weight is 368 g/mol. The van der Waals surface area contributed by atoms with Crippen molar-refractivity contribution in [3.8, 4) is 0 Å². The van der Waals surface area contributed by atoms with Crippen LogP contribution in [-0.4, -0.2) is 16.8 Å². The highest BCUT2D eigenvalue weighted by molar-refractivity contribution is 5.91. The summed E-state index contributed by atoms with van der Waals surface area (Å²) in [4.78, 5) is 17.9. The third-order valence-corrected chi connectivity index (χ3v) is 5.99. The van der Waals surface area contributed by atoms with Crippen molar-refractivity contribution in [2.24, 2.45) is 0 Å². The molecule has 0 aliphatic carbocycles. The summed E-state index contributed by atoms with van der Waals surface area (Å²) in [6.07, 6.45) is 1.77. The highest BCUT2D eigenvalue weighted by Crippen LogP contribution is 2.44. The van der Waals surface area contributed by atoms with Gasteiger partial charge in [-0.25, -0.2) is 0 Å². The molecule has 2 heterocycles. The van der Waals surface area contributed by atoms with E-state index in [2.05, 4.69) is 77.4 Å². The van der Waals surface area contributed by atoms with Gasteiger partial charge in [-0.3, -0.25) is 4.79 Å². The first-order chi connectivity index (χ1) is 13.7. The van der Waals surface area contributed by atoms with Crippen LogP contribution in [0.3, 0.4) is 0 Å². The normalized spacial score (nSPS) is 20.8. The number of hydrogen-bond acceptors (Lipinski definition) is 2. The van der Waals surface area contributed by atoms with Gasteiger partial charge >= 0.3 is 0 Å². The Morgan fingerprint density at radius 3 is 2.39 bits per heavy atom. The maximum atomic E-state index is 13.5. The van der Waals surface area contributed by atoms with Crippen LogP contribution < -0.4 is 4.90 Å². The Kier molecular flexibility index (Phi) is 4.16. The quantitative estimate of drug-likeness (QED) is 0.659. The number of carbonyl (C=O) groups excluding carboxylic acids is 1. The van der Waals surface area contributed by atoms with E-state index < -0.39 is 0 Å². The Bertz CT molecular complexity index is 997. The van der Waals surface area contributed by atoms with E-state index >= 15 is 0 Å². The van der Waals surface area contributed by atoms with Gasteiger partial charge < -0.3 is 9.80 Å². The van der Waals surface area contributed by atoms with E-state index in [1.807, 2.05) is 18.2 Å². The smallest absolute Gasteiger partial charge is 0.247 e. The van der Waals surface area contributed by atoms with Gasteiger partial charge in [0.1, 0.15) is 12.2 Å². The highest BCUT2D eigenvalue weighted by Gasteiger charge is 2.48. The van der Waals surface area contributed by atoms with Crippen LogP contribution in [0.2, 0.25) is 0 Å². The molecule has 0 N–H and O–H groups in total. The maximum Gasteiger partial charge on any atom is 0.247 e. The first kappa shape index (κ1) is 17.1. The molecule has 0 aromatic heterocycles. The van der Waals surface area contributed by atoms with E-state index in [1.54, 1.807) is 0 Å². The Morgan fingerprint density at radius 2 is 1.61 bits per heavy atom. The molecule has 0 saturated carbocycles. The number of nitrogens with zero attached hydrogens (tertiary/aromatic N) is 2. The highest BCUT2D eigenvalue weighted by atomic mass is 16.2. The van der Waals surface area contributed by atoms with Crippen molar-refractivity contribution in [1.82, 2.24) is 4.90 Å². The molecular weight excluding hydrogens is 344 g/mol. The molecule has 0 spiro atoms. The van der Waals surface area contributed by atoms with Crippen LogP contribution in [-0.2, 0) is 17.8 Å². The minimum atomic E-state index is -0.0788. The molecule has 1 saturated heterocycles. The summed E-state index contributed by atoms with van der Waals surface area (Å²) in [7, 11) is 0. The molecule has 140 valence electrons. The Balaban J connectivity index is 1.62. The van der Waals surface area contributed by atoms with Crippen molar-refractivity contribution in [2.45, 2.75) is 38.5 Å². The lowest BCUT2D eigenvalue weighted by Gasteiger charge is -2.37. The number of carbonyl (C=O) groups is 1. The molecule has 5 rings (SSSR count). The lowest BCUT2D eigenvalue weighted by molar-refractivity contribution is -0.130. The molecule has 3 nitrogen and oxygen atoms in total. The van der Waals surface area contributed by atoms with Gasteiger partial charge in [0.15, 0.2) is 0 Å². The summed E-state index contributed by atoms with van der Waals surface area (Å²) in [5.74, 6) is 0.240. The van der Waals surface area contributed by atoms with Crippen molar-refractivity contribution in [2.75, 3.05) is 4.90 Å². The van der Waals surface area contributed by atoms with E-state index in [9.17, 15) is 4.79 Å². The molecule has 2 unspecified atom stereocenters. The van der Waals surface area contributed by atoms with Crippen LogP contribution in [0, 0.1) is 6.92 Å². The summed E-state index contributed by atoms with van der Waals surface area (Å²) in [6.45, 7) is 2.73. The largest absolute Gasteiger partial charge is 0.335 e. The summed E-state index contributed by atoms with van der Waals surface area (Å²) < 4.78 is 0. The van der Waals surface area contributed by atoms with Crippen molar-refractivity contribution >= 4 is 11.6 Å².